The maximum Gasteiger partial charge on any atom is 0.273 e. The monoisotopic (exact) mass is 517 g/mol. The molecule has 0 atom stereocenters. The van der Waals surface area contributed by atoms with Crippen LogP contribution in [0.4, 0.5) is 5.69 Å². The highest BCUT2D eigenvalue weighted by Crippen LogP contribution is 2.37. The summed E-state index contributed by atoms with van der Waals surface area (Å²) in [6.07, 6.45) is 1.24. The van der Waals surface area contributed by atoms with Gasteiger partial charge in [0.1, 0.15) is 6.61 Å². The van der Waals surface area contributed by atoms with Crippen molar-refractivity contribution in [1.82, 2.24) is 5.43 Å². The second kappa shape index (κ2) is 12.0. The van der Waals surface area contributed by atoms with Crippen molar-refractivity contribution in [3.63, 3.8) is 0 Å². The van der Waals surface area contributed by atoms with Gasteiger partial charge in [-0.1, -0.05) is 66.2 Å². The first kappa shape index (κ1) is 25.7. The number of nitrogens with one attached hydrogen (secondary N) is 1. The lowest BCUT2D eigenvalue weighted by Crippen LogP contribution is -2.20. The number of para-hydroxylation sites is 1. The minimum atomic E-state index is -0.521. The number of benzene rings is 4. The third-order valence-electron chi connectivity index (χ3n) is 5.47. The van der Waals surface area contributed by atoms with Crippen LogP contribution in [-0.4, -0.2) is 23.7 Å². The maximum absolute atomic E-state index is 12.3. The Kier molecular flexibility index (Phi) is 8.33. The Hall–Kier alpha value is -4.43. The normalized spacial score (nSPS) is 11.0. The molecule has 0 unspecified atom stereocenters. The highest BCUT2D eigenvalue weighted by atomic mass is 35.5. The van der Waals surface area contributed by atoms with Crippen molar-refractivity contribution in [2.24, 2.45) is 5.10 Å². The molecule has 0 saturated heterocycles. The molecule has 9 heteroatoms. The topological polar surface area (TPSA) is 103 Å². The van der Waals surface area contributed by atoms with E-state index in [9.17, 15) is 14.9 Å². The zero-order chi connectivity index (χ0) is 26.2. The molecule has 4 rings (SSSR count). The molecule has 188 valence electrons. The molecule has 0 saturated carbocycles. The highest BCUT2D eigenvalue weighted by molar-refractivity contribution is 6.32. The fourth-order valence-electron chi connectivity index (χ4n) is 3.78. The van der Waals surface area contributed by atoms with Crippen LogP contribution in [0.25, 0.3) is 10.8 Å². The summed E-state index contributed by atoms with van der Waals surface area (Å²) in [6.45, 7) is 2.56. The van der Waals surface area contributed by atoms with E-state index in [0.29, 0.717) is 40.9 Å². The first-order valence-corrected chi connectivity index (χ1v) is 11.9. The van der Waals surface area contributed by atoms with E-state index in [2.05, 4.69) is 22.7 Å². The smallest absolute Gasteiger partial charge is 0.273 e. The van der Waals surface area contributed by atoms with Crippen molar-refractivity contribution >= 4 is 40.2 Å². The number of nitro benzene ring substituents is 1. The van der Waals surface area contributed by atoms with E-state index < -0.39 is 10.8 Å². The van der Waals surface area contributed by atoms with Gasteiger partial charge in [-0.3, -0.25) is 14.9 Å². The molecule has 0 aromatic heterocycles. The largest absolute Gasteiger partial charge is 0.490 e. The van der Waals surface area contributed by atoms with Crippen molar-refractivity contribution in [1.29, 1.82) is 0 Å². The second-order valence-electron chi connectivity index (χ2n) is 8.09. The lowest BCUT2D eigenvalue weighted by atomic mass is 10.1. The predicted octanol–water partition coefficient (Wildman–Crippen LogP) is 6.07. The molecule has 8 nitrogen and oxygen atoms in total. The quantitative estimate of drug-likeness (QED) is 0.156. The Bertz CT molecular complexity index is 1470. The number of nitro groups is 1. The fourth-order valence-corrected chi connectivity index (χ4v) is 4.05. The van der Waals surface area contributed by atoms with Crippen LogP contribution < -0.4 is 14.9 Å². The lowest BCUT2D eigenvalue weighted by molar-refractivity contribution is -0.385. The highest BCUT2D eigenvalue weighted by Gasteiger charge is 2.16. The van der Waals surface area contributed by atoms with Crippen LogP contribution in [0, 0.1) is 10.1 Å². The van der Waals surface area contributed by atoms with Crippen LogP contribution >= 0.6 is 11.6 Å². The summed E-state index contributed by atoms with van der Waals surface area (Å²) in [7, 11) is 0. The number of rotatable bonds is 10. The number of amides is 1. The third-order valence-corrected chi connectivity index (χ3v) is 5.75. The van der Waals surface area contributed by atoms with Gasteiger partial charge in [0, 0.05) is 11.6 Å². The van der Waals surface area contributed by atoms with Gasteiger partial charge in [0.25, 0.3) is 5.69 Å². The first-order chi connectivity index (χ1) is 17.9. The Morgan fingerprint density at radius 2 is 1.78 bits per heavy atom. The van der Waals surface area contributed by atoms with Gasteiger partial charge in [0.2, 0.25) is 5.91 Å². The zero-order valence-electron chi connectivity index (χ0n) is 20.0. The number of nitrogens with zero attached hydrogens (tertiary/aromatic N) is 2. The molecule has 4 aromatic rings. The molecule has 0 aliphatic carbocycles. The summed E-state index contributed by atoms with van der Waals surface area (Å²) in [5, 5.41) is 17.7. The minimum Gasteiger partial charge on any atom is -0.490 e. The SMILES string of the molecule is CCOc1cc(/C=N/NC(=O)Cc2ccccc2[N+](=O)[O-])cc(Cl)c1OCc1ccc2ccccc2c1. The average Bonchev–Trinajstić information content (AvgIpc) is 2.88. The number of hydrogen-bond acceptors (Lipinski definition) is 6. The fraction of sp³-hybridized carbons (Fsp3) is 0.143. The number of carbonyl (C=O) groups excluding carboxylic acids is 1. The first-order valence-electron chi connectivity index (χ1n) is 11.6. The molecule has 0 fully saturated rings. The Morgan fingerprint density at radius 1 is 1.03 bits per heavy atom. The Balaban J connectivity index is 1.44. The van der Waals surface area contributed by atoms with Gasteiger partial charge in [-0.05, 0) is 47.0 Å². The molecule has 1 amide bonds. The van der Waals surface area contributed by atoms with Crippen LogP contribution in [0.5, 0.6) is 11.5 Å². The Labute approximate surface area is 218 Å². The number of ether oxygens (including phenoxy) is 2. The zero-order valence-corrected chi connectivity index (χ0v) is 20.8. The molecule has 0 spiro atoms. The van der Waals surface area contributed by atoms with Crippen molar-refractivity contribution in [3.8, 4) is 11.5 Å². The van der Waals surface area contributed by atoms with E-state index in [1.807, 2.05) is 37.3 Å². The van der Waals surface area contributed by atoms with E-state index >= 15 is 0 Å². The van der Waals surface area contributed by atoms with Gasteiger partial charge in [-0.25, -0.2) is 5.43 Å². The van der Waals surface area contributed by atoms with Crippen molar-refractivity contribution in [3.05, 3.63) is 111 Å². The van der Waals surface area contributed by atoms with Crippen molar-refractivity contribution in [2.75, 3.05) is 6.61 Å². The standard InChI is InChI=1S/C28H24ClN3O5/c1-2-36-26-15-20(17-30-31-27(33)16-23-9-5-6-10-25(23)32(34)35)14-24(29)28(26)37-18-19-11-12-21-7-3-4-8-22(21)13-19/h3-15,17H,2,16,18H2,1H3,(H,31,33)/b30-17+. The molecule has 37 heavy (non-hydrogen) atoms. The number of hydrogen-bond donors (Lipinski definition) is 1. The molecular formula is C28H24ClN3O5. The van der Waals surface area contributed by atoms with Crippen molar-refractivity contribution < 1.29 is 19.2 Å². The third kappa shape index (κ3) is 6.62. The minimum absolute atomic E-state index is 0.117. The molecule has 1 N–H and O–H groups in total. The van der Waals surface area contributed by atoms with Crippen molar-refractivity contribution in [2.45, 2.75) is 20.0 Å². The van der Waals surface area contributed by atoms with Gasteiger partial charge in [0.15, 0.2) is 11.5 Å². The number of fused-ring (bicyclic) bond motifs is 1. The summed E-state index contributed by atoms with van der Waals surface area (Å²) < 4.78 is 11.8. The van der Waals surface area contributed by atoms with Gasteiger partial charge < -0.3 is 9.47 Å². The predicted molar refractivity (Wildman–Crippen MR) is 143 cm³/mol. The molecule has 0 radical (unpaired) electrons. The number of hydrazone groups is 1. The van der Waals surface area contributed by atoms with Crippen LogP contribution in [-0.2, 0) is 17.8 Å². The molecule has 0 aliphatic rings. The van der Waals surface area contributed by atoms with Crippen LogP contribution in [0.2, 0.25) is 5.02 Å². The molecule has 0 aliphatic heterocycles. The average molecular weight is 518 g/mol. The van der Waals surface area contributed by atoms with Gasteiger partial charge in [-0.2, -0.15) is 5.10 Å². The maximum atomic E-state index is 12.3. The van der Waals surface area contributed by atoms with Crippen LogP contribution in [0.15, 0.2) is 84.0 Å². The molecule has 4 aromatic carbocycles. The molecular weight excluding hydrogens is 494 g/mol. The molecule has 0 heterocycles. The summed E-state index contributed by atoms with van der Waals surface area (Å²) in [6, 6.07) is 23.6. The van der Waals surface area contributed by atoms with E-state index in [0.717, 1.165) is 16.3 Å². The lowest BCUT2D eigenvalue weighted by Gasteiger charge is -2.15. The molecule has 0 bridgehead atoms. The van der Waals surface area contributed by atoms with Crippen LogP contribution in [0.1, 0.15) is 23.6 Å². The van der Waals surface area contributed by atoms with E-state index in [-0.39, 0.29) is 12.1 Å². The van der Waals surface area contributed by atoms with E-state index in [4.69, 9.17) is 21.1 Å². The van der Waals surface area contributed by atoms with Gasteiger partial charge in [0.05, 0.1) is 29.2 Å². The summed E-state index contributed by atoms with van der Waals surface area (Å²) >= 11 is 6.51. The second-order valence-corrected chi connectivity index (χ2v) is 8.50. The van der Waals surface area contributed by atoms with E-state index in [1.165, 1.54) is 18.3 Å². The summed E-state index contributed by atoms with van der Waals surface area (Å²) in [5.41, 5.74) is 4.14. The van der Waals surface area contributed by atoms with Crippen LogP contribution in [0.3, 0.4) is 0 Å². The van der Waals surface area contributed by atoms with E-state index in [1.54, 1.807) is 24.3 Å². The number of carbonyl (C=O) groups is 1. The van der Waals surface area contributed by atoms with Gasteiger partial charge in [-0.15, -0.1) is 0 Å². The summed E-state index contributed by atoms with van der Waals surface area (Å²) in [5.74, 6) is 0.370. The van der Waals surface area contributed by atoms with Gasteiger partial charge >= 0.3 is 0 Å². The Morgan fingerprint density at radius 3 is 2.57 bits per heavy atom. The number of halogens is 1. The summed E-state index contributed by atoms with van der Waals surface area (Å²) in [4.78, 5) is 22.9.